The molecular formula is C26H28Cl2N2O4. The number of hydrogen-bond acceptors (Lipinski definition) is 5. The molecule has 2 N–H and O–H groups in total. The molecule has 34 heavy (non-hydrogen) atoms. The number of amides is 1. The summed E-state index contributed by atoms with van der Waals surface area (Å²) in [6.07, 6.45) is 1.53. The zero-order valence-electron chi connectivity index (χ0n) is 19.5. The monoisotopic (exact) mass is 502 g/mol. The first-order valence-corrected chi connectivity index (χ1v) is 11.7. The number of aromatic nitrogens is 1. The largest absolute Gasteiger partial charge is 0.393 e. The molecule has 2 heterocycles. The van der Waals surface area contributed by atoms with E-state index >= 15 is 0 Å². The first-order valence-electron chi connectivity index (χ1n) is 10.9. The van der Waals surface area contributed by atoms with E-state index in [1.807, 2.05) is 26.0 Å². The van der Waals surface area contributed by atoms with Gasteiger partial charge in [0.15, 0.2) is 5.72 Å². The van der Waals surface area contributed by atoms with Gasteiger partial charge in [-0.25, -0.2) is 0 Å². The number of carbonyl (C=O) groups is 1. The first-order chi connectivity index (χ1) is 16.2. The second-order valence-electron chi connectivity index (χ2n) is 7.91. The second-order valence-corrected chi connectivity index (χ2v) is 8.78. The summed E-state index contributed by atoms with van der Waals surface area (Å²) >= 11 is 12.1. The number of carbonyl (C=O) groups excluding carboxylic acids is 1. The van der Waals surface area contributed by atoms with Crippen molar-refractivity contribution in [2.45, 2.75) is 38.6 Å². The number of halogens is 2. The van der Waals surface area contributed by atoms with Crippen LogP contribution in [0.5, 0.6) is 0 Å². The lowest BCUT2D eigenvalue weighted by Gasteiger charge is -2.38. The smallest absolute Gasteiger partial charge is 0.257 e. The van der Waals surface area contributed by atoms with Crippen molar-refractivity contribution in [2.75, 3.05) is 13.7 Å². The van der Waals surface area contributed by atoms with E-state index in [0.717, 1.165) is 0 Å². The van der Waals surface area contributed by atoms with Gasteiger partial charge in [-0.15, -0.1) is 0 Å². The summed E-state index contributed by atoms with van der Waals surface area (Å²) in [4.78, 5) is 19.6. The minimum Gasteiger partial charge on any atom is -0.393 e. The minimum absolute atomic E-state index is 0.160. The fourth-order valence-corrected chi connectivity index (χ4v) is 4.28. The van der Waals surface area contributed by atoms with Crippen LogP contribution in [-0.2, 0) is 22.6 Å². The highest BCUT2D eigenvalue weighted by Crippen LogP contribution is 2.46. The molecule has 1 amide bonds. The van der Waals surface area contributed by atoms with E-state index in [2.05, 4.69) is 4.98 Å². The van der Waals surface area contributed by atoms with Crippen molar-refractivity contribution in [2.24, 2.45) is 0 Å². The average molecular weight is 503 g/mol. The maximum absolute atomic E-state index is 13.7. The fraction of sp³-hybridized carbons (Fsp3) is 0.308. The van der Waals surface area contributed by atoms with Gasteiger partial charge in [0.1, 0.15) is 5.60 Å². The predicted octanol–water partition coefficient (Wildman–Crippen LogP) is 5.12. The van der Waals surface area contributed by atoms with E-state index in [0.29, 0.717) is 38.0 Å². The molecule has 0 saturated heterocycles. The SMILES string of the molecule is CC.COC1(c2ccc(Cl)cc2)c2ccc(C(C)(O)CO)cc2C(=O)N1Cc1ccc(Cl)cn1. The van der Waals surface area contributed by atoms with Crippen LogP contribution in [0, 0.1) is 0 Å². The van der Waals surface area contributed by atoms with E-state index in [1.54, 1.807) is 47.4 Å². The molecule has 0 fully saturated rings. The van der Waals surface area contributed by atoms with Gasteiger partial charge in [-0.3, -0.25) is 14.7 Å². The van der Waals surface area contributed by atoms with Crippen molar-refractivity contribution in [1.82, 2.24) is 9.88 Å². The number of nitrogens with zero attached hydrogens (tertiary/aromatic N) is 2. The van der Waals surface area contributed by atoms with Crippen LogP contribution in [0.2, 0.25) is 10.0 Å². The summed E-state index contributed by atoms with van der Waals surface area (Å²) in [5.41, 5.74) is 0.0550. The van der Waals surface area contributed by atoms with Gasteiger partial charge in [0, 0.05) is 35.0 Å². The first kappa shape index (κ1) is 26.1. The van der Waals surface area contributed by atoms with Crippen molar-refractivity contribution in [3.05, 3.63) is 98.8 Å². The van der Waals surface area contributed by atoms with Gasteiger partial charge in [-0.05, 0) is 42.8 Å². The summed E-state index contributed by atoms with van der Waals surface area (Å²) in [7, 11) is 1.54. The molecule has 0 saturated carbocycles. The van der Waals surface area contributed by atoms with E-state index in [1.165, 1.54) is 20.2 Å². The van der Waals surface area contributed by atoms with E-state index in [9.17, 15) is 15.0 Å². The topological polar surface area (TPSA) is 82.9 Å². The van der Waals surface area contributed by atoms with E-state index in [-0.39, 0.29) is 12.5 Å². The molecule has 0 bridgehead atoms. The van der Waals surface area contributed by atoms with Gasteiger partial charge in [-0.1, -0.05) is 61.3 Å². The molecule has 1 aromatic heterocycles. The molecule has 3 aromatic rings. The zero-order valence-corrected chi connectivity index (χ0v) is 21.1. The molecule has 2 atom stereocenters. The second kappa shape index (κ2) is 10.4. The van der Waals surface area contributed by atoms with Crippen LogP contribution >= 0.6 is 23.2 Å². The highest BCUT2D eigenvalue weighted by Gasteiger charge is 2.52. The lowest BCUT2D eigenvalue weighted by Crippen LogP contribution is -2.45. The normalized spacial score (nSPS) is 18.7. The number of benzene rings is 2. The van der Waals surface area contributed by atoms with Gasteiger partial charge in [0.05, 0.1) is 23.9 Å². The number of methoxy groups -OCH3 is 1. The lowest BCUT2D eigenvalue weighted by molar-refractivity contribution is -0.0868. The molecule has 180 valence electrons. The zero-order chi connectivity index (χ0) is 25.1. The number of aliphatic hydroxyl groups excluding tert-OH is 1. The van der Waals surface area contributed by atoms with Gasteiger partial charge < -0.3 is 14.9 Å². The molecule has 1 aliphatic rings. The third-order valence-electron chi connectivity index (χ3n) is 5.81. The van der Waals surface area contributed by atoms with Crippen molar-refractivity contribution >= 4 is 29.1 Å². The third kappa shape index (κ3) is 4.57. The van der Waals surface area contributed by atoms with Crippen LogP contribution in [0.15, 0.2) is 60.8 Å². The maximum atomic E-state index is 13.7. The summed E-state index contributed by atoms with van der Waals surface area (Å²) in [6.45, 7) is 5.17. The Morgan fingerprint density at radius 3 is 2.26 bits per heavy atom. The predicted molar refractivity (Wildman–Crippen MR) is 133 cm³/mol. The van der Waals surface area contributed by atoms with Crippen molar-refractivity contribution in [3.63, 3.8) is 0 Å². The molecule has 8 heteroatoms. The Morgan fingerprint density at radius 1 is 1.06 bits per heavy atom. The van der Waals surface area contributed by atoms with E-state index in [4.69, 9.17) is 27.9 Å². The Balaban J connectivity index is 0.00000158. The molecule has 1 aliphatic heterocycles. The lowest BCUT2D eigenvalue weighted by atomic mass is 9.89. The molecule has 2 aromatic carbocycles. The van der Waals surface area contributed by atoms with Gasteiger partial charge in [0.2, 0.25) is 0 Å². The molecule has 4 rings (SSSR count). The van der Waals surface area contributed by atoms with Gasteiger partial charge in [0.25, 0.3) is 5.91 Å². The molecule has 0 aliphatic carbocycles. The van der Waals surface area contributed by atoms with Crippen LogP contribution in [0.25, 0.3) is 0 Å². The number of ether oxygens (including phenoxy) is 1. The number of aliphatic hydroxyl groups is 2. The van der Waals surface area contributed by atoms with Crippen LogP contribution < -0.4 is 0 Å². The standard InChI is InChI=1S/C24H22Cl2N2O4.C2H6/c1-23(31,14-29)16-5-10-21-20(11-16)22(30)28(13-19-9-8-18(26)12-27-19)24(21,32-2)15-3-6-17(25)7-4-15;1-2/h3-12,29,31H,13-14H2,1-2H3;1-2H3. The Kier molecular flexibility index (Phi) is 8.01. The molecule has 2 unspecified atom stereocenters. The molecular weight excluding hydrogens is 475 g/mol. The highest BCUT2D eigenvalue weighted by atomic mass is 35.5. The molecule has 0 spiro atoms. The van der Waals surface area contributed by atoms with Crippen molar-refractivity contribution in [3.8, 4) is 0 Å². The summed E-state index contributed by atoms with van der Waals surface area (Å²) in [5.74, 6) is -0.288. The van der Waals surface area contributed by atoms with Gasteiger partial charge >= 0.3 is 0 Å². The van der Waals surface area contributed by atoms with Crippen LogP contribution in [0.4, 0.5) is 0 Å². The third-order valence-corrected chi connectivity index (χ3v) is 6.29. The maximum Gasteiger partial charge on any atom is 0.257 e. The number of fused-ring (bicyclic) bond motifs is 1. The van der Waals surface area contributed by atoms with Crippen LogP contribution in [0.3, 0.4) is 0 Å². The number of rotatable bonds is 6. The van der Waals surface area contributed by atoms with Crippen molar-refractivity contribution in [1.29, 1.82) is 0 Å². The minimum atomic E-state index is -1.49. The Hall–Kier alpha value is -2.48. The van der Waals surface area contributed by atoms with E-state index < -0.39 is 17.9 Å². The molecule has 6 nitrogen and oxygen atoms in total. The highest BCUT2D eigenvalue weighted by molar-refractivity contribution is 6.30. The Bertz CT molecular complexity index is 1150. The van der Waals surface area contributed by atoms with Gasteiger partial charge in [-0.2, -0.15) is 0 Å². The quantitative estimate of drug-likeness (QED) is 0.488. The van der Waals surface area contributed by atoms with Crippen LogP contribution in [-0.4, -0.2) is 39.7 Å². The summed E-state index contributed by atoms with van der Waals surface area (Å²) < 4.78 is 6.08. The Labute approximate surface area is 209 Å². The van der Waals surface area contributed by atoms with Crippen LogP contribution in [0.1, 0.15) is 53.5 Å². The fourth-order valence-electron chi connectivity index (χ4n) is 4.05. The number of hydrogen-bond donors (Lipinski definition) is 2. The molecule has 0 radical (unpaired) electrons. The average Bonchev–Trinajstić information content (AvgIpc) is 3.10. The number of pyridine rings is 1. The summed E-state index contributed by atoms with van der Waals surface area (Å²) in [6, 6.07) is 15.6. The summed E-state index contributed by atoms with van der Waals surface area (Å²) in [5, 5.41) is 21.2. The Morgan fingerprint density at radius 2 is 1.71 bits per heavy atom. The van der Waals surface area contributed by atoms with Crippen molar-refractivity contribution < 1.29 is 19.7 Å².